The fourth-order valence-corrected chi connectivity index (χ4v) is 2.54. The molecule has 0 saturated carbocycles. The molecule has 3 heteroatoms. The molecular formula is C13H21BrN2. The molecule has 0 atom stereocenters. The number of rotatable bonds is 6. The second-order valence-corrected chi connectivity index (χ2v) is 5.50. The highest BCUT2D eigenvalue weighted by Gasteiger charge is 2.21. The number of hydrogen-bond donors (Lipinski definition) is 2. The normalized spacial score (nSPS) is 11.8. The van der Waals surface area contributed by atoms with E-state index < -0.39 is 0 Å². The molecule has 0 amide bonds. The molecule has 1 aromatic carbocycles. The molecule has 0 unspecified atom stereocenters. The average Bonchev–Trinajstić information content (AvgIpc) is 2.25. The Morgan fingerprint density at radius 1 is 1.19 bits per heavy atom. The highest BCUT2D eigenvalue weighted by Crippen LogP contribution is 2.29. The largest absolute Gasteiger partial charge is 0.318 e. The maximum atomic E-state index is 3.61. The minimum Gasteiger partial charge on any atom is -0.318 e. The van der Waals surface area contributed by atoms with Gasteiger partial charge in [0.1, 0.15) is 0 Å². The molecule has 1 rings (SSSR count). The van der Waals surface area contributed by atoms with Crippen molar-refractivity contribution in [3.63, 3.8) is 0 Å². The highest BCUT2D eigenvalue weighted by atomic mass is 79.9. The molecule has 90 valence electrons. The van der Waals surface area contributed by atoms with Crippen molar-refractivity contribution in [1.29, 1.82) is 0 Å². The van der Waals surface area contributed by atoms with Gasteiger partial charge >= 0.3 is 0 Å². The molecule has 0 spiro atoms. The lowest BCUT2D eigenvalue weighted by molar-refractivity contribution is 0.467. The summed E-state index contributed by atoms with van der Waals surface area (Å²) in [5.74, 6) is 0. The predicted octanol–water partition coefficient (Wildman–Crippen LogP) is 2.54. The summed E-state index contributed by atoms with van der Waals surface area (Å²) in [5.41, 5.74) is 1.50. The zero-order chi connectivity index (χ0) is 12.0. The van der Waals surface area contributed by atoms with E-state index in [0.29, 0.717) is 0 Å². The number of likely N-dealkylation sites (N-methyl/N-ethyl adjacent to an activating group) is 1. The molecule has 0 aliphatic rings. The maximum absolute atomic E-state index is 3.61. The summed E-state index contributed by atoms with van der Waals surface area (Å²) in [6.07, 6.45) is 0. The van der Waals surface area contributed by atoms with Crippen molar-refractivity contribution in [2.75, 3.05) is 26.7 Å². The highest BCUT2D eigenvalue weighted by molar-refractivity contribution is 9.10. The molecule has 0 saturated heterocycles. The van der Waals surface area contributed by atoms with E-state index in [0.717, 1.165) is 19.6 Å². The molecule has 2 N–H and O–H groups in total. The van der Waals surface area contributed by atoms with Gasteiger partial charge in [0.05, 0.1) is 0 Å². The smallest absolute Gasteiger partial charge is 0.0213 e. The Balaban J connectivity index is 2.59. The fraction of sp³-hybridized carbons (Fsp3) is 0.538. The van der Waals surface area contributed by atoms with Gasteiger partial charge in [-0.1, -0.05) is 48.0 Å². The molecule has 16 heavy (non-hydrogen) atoms. The van der Waals surface area contributed by atoms with E-state index >= 15 is 0 Å². The van der Waals surface area contributed by atoms with E-state index in [1.165, 1.54) is 10.0 Å². The van der Waals surface area contributed by atoms with Gasteiger partial charge in [-0.05, 0) is 18.7 Å². The average molecular weight is 285 g/mol. The van der Waals surface area contributed by atoms with Crippen LogP contribution in [0.5, 0.6) is 0 Å². The van der Waals surface area contributed by atoms with Crippen LogP contribution >= 0.6 is 15.9 Å². The van der Waals surface area contributed by atoms with Crippen LogP contribution in [-0.4, -0.2) is 26.7 Å². The van der Waals surface area contributed by atoms with Crippen LogP contribution < -0.4 is 10.6 Å². The Morgan fingerprint density at radius 2 is 1.88 bits per heavy atom. The minimum absolute atomic E-state index is 0.147. The van der Waals surface area contributed by atoms with Gasteiger partial charge in [-0.15, -0.1) is 0 Å². The Kier molecular flexibility index (Phi) is 5.46. The molecule has 0 aromatic heterocycles. The fourth-order valence-electron chi connectivity index (χ4n) is 1.72. The van der Waals surface area contributed by atoms with Crippen LogP contribution in [0.4, 0.5) is 0 Å². The van der Waals surface area contributed by atoms with E-state index in [1.54, 1.807) is 0 Å². The number of nitrogens with one attached hydrogen (secondary N) is 2. The zero-order valence-corrected chi connectivity index (χ0v) is 11.9. The monoisotopic (exact) mass is 284 g/mol. The Morgan fingerprint density at radius 3 is 2.50 bits per heavy atom. The SMILES string of the molecule is CNCCNCC(C)(C)c1ccccc1Br. The van der Waals surface area contributed by atoms with Crippen molar-refractivity contribution in [1.82, 2.24) is 10.6 Å². The Hall–Kier alpha value is -0.380. The molecule has 0 aliphatic heterocycles. The van der Waals surface area contributed by atoms with Gasteiger partial charge in [0.15, 0.2) is 0 Å². The van der Waals surface area contributed by atoms with Gasteiger partial charge < -0.3 is 10.6 Å². The topological polar surface area (TPSA) is 24.1 Å². The first-order chi connectivity index (χ1) is 7.58. The van der Waals surface area contributed by atoms with Crippen molar-refractivity contribution < 1.29 is 0 Å². The third kappa shape index (κ3) is 3.89. The van der Waals surface area contributed by atoms with Gasteiger partial charge in [-0.25, -0.2) is 0 Å². The number of halogens is 1. The predicted molar refractivity (Wildman–Crippen MR) is 74.0 cm³/mol. The summed E-state index contributed by atoms with van der Waals surface area (Å²) in [6.45, 7) is 7.52. The van der Waals surface area contributed by atoms with Gasteiger partial charge in [0.2, 0.25) is 0 Å². The molecular weight excluding hydrogens is 264 g/mol. The summed E-state index contributed by atoms with van der Waals surface area (Å²) in [7, 11) is 1.97. The van der Waals surface area contributed by atoms with Crippen LogP contribution in [0.3, 0.4) is 0 Å². The Labute approximate surface area is 107 Å². The van der Waals surface area contributed by atoms with Crippen molar-refractivity contribution in [2.24, 2.45) is 0 Å². The standard InChI is InChI=1S/C13H21BrN2/c1-13(2,10-16-9-8-15-3)11-6-4-5-7-12(11)14/h4-7,15-16H,8-10H2,1-3H3. The first kappa shape index (κ1) is 13.7. The summed E-state index contributed by atoms with van der Waals surface area (Å²) >= 11 is 3.61. The molecule has 0 bridgehead atoms. The van der Waals surface area contributed by atoms with Gasteiger partial charge in [-0.2, -0.15) is 0 Å². The van der Waals surface area contributed by atoms with E-state index in [1.807, 2.05) is 7.05 Å². The lowest BCUT2D eigenvalue weighted by Gasteiger charge is -2.27. The van der Waals surface area contributed by atoms with Crippen LogP contribution in [0.1, 0.15) is 19.4 Å². The quantitative estimate of drug-likeness (QED) is 0.785. The lowest BCUT2D eigenvalue weighted by atomic mass is 9.84. The van der Waals surface area contributed by atoms with Gasteiger partial charge in [-0.3, -0.25) is 0 Å². The van der Waals surface area contributed by atoms with Crippen molar-refractivity contribution in [3.8, 4) is 0 Å². The minimum atomic E-state index is 0.147. The molecule has 2 nitrogen and oxygen atoms in total. The summed E-state index contributed by atoms with van der Waals surface area (Å²) < 4.78 is 1.19. The third-order valence-electron chi connectivity index (χ3n) is 2.72. The van der Waals surface area contributed by atoms with E-state index in [4.69, 9.17) is 0 Å². The first-order valence-corrected chi connectivity index (χ1v) is 6.47. The lowest BCUT2D eigenvalue weighted by Crippen LogP contribution is -2.36. The van der Waals surface area contributed by atoms with Crippen LogP contribution in [0.25, 0.3) is 0 Å². The third-order valence-corrected chi connectivity index (χ3v) is 3.41. The first-order valence-electron chi connectivity index (χ1n) is 5.68. The molecule has 0 heterocycles. The molecule has 0 aliphatic carbocycles. The molecule has 0 radical (unpaired) electrons. The van der Waals surface area contributed by atoms with Crippen molar-refractivity contribution >= 4 is 15.9 Å². The van der Waals surface area contributed by atoms with E-state index in [-0.39, 0.29) is 5.41 Å². The van der Waals surface area contributed by atoms with E-state index in [2.05, 4.69) is 64.7 Å². The van der Waals surface area contributed by atoms with Gasteiger partial charge in [0, 0.05) is 29.5 Å². The zero-order valence-electron chi connectivity index (χ0n) is 10.3. The van der Waals surface area contributed by atoms with Gasteiger partial charge in [0.25, 0.3) is 0 Å². The number of benzene rings is 1. The summed E-state index contributed by atoms with van der Waals surface area (Å²) in [5, 5.41) is 6.60. The second-order valence-electron chi connectivity index (χ2n) is 4.64. The van der Waals surface area contributed by atoms with Crippen molar-refractivity contribution in [3.05, 3.63) is 34.3 Å². The van der Waals surface area contributed by atoms with Crippen molar-refractivity contribution in [2.45, 2.75) is 19.3 Å². The molecule has 0 fully saturated rings. The van der Waals surface area contributed by atoms with Crippen LogP contribution in [-0.2, 0) is 5.41 Å². The van der Waals surface area contributed by atoms with Crippen LogP contribution in [0.15, 0.2) is 28.7 Å². The maximum Gasteiger partial charge on any atom is 0.0213 e. The van der Waals surface area contributed by atoms with E-state index in [9.17, 15) is 0 Å². The Bertz CT molecular complexity index is 323. The number of hydrogen-bond acceptors (Lipinski definition) is 2. The summed E-state index contributed by atoms with van der Waals surface area (Å²) in [4.78, 5) is 0. The summed E-state index contributed by atoms with van der Waals surface area (Å²) in [6, 6.07) is 8.43. The second kappa shape index (κ2) is 6.38. The van der Waals surface area contributed by atoms with Crippen LogP contribution in [0, 0.1) is 0 Å². The molecule has 1 aromatic rings. The van der Waals surface area contributed by atoms with Crippen LogP contribution in [0.2, 0.25) is 0 Å².